The lowest BCUT2D eigenvalue weighted by atomic mass is 9.58. The van der Waals surface area contributed by atoms with Gasteiger partial charge in [-0.3, -0.25) is 24.2 Å². The van der Waals surface area contributed by atoms with Crippen molar-refractivity contribution in [2.75, 3.05) is 79.5 Å². The first-order valence-corrected chi connectivity index (χ1v) is 20.6. The molecular weight excluding hydrogens is 660 g/mol. The van der Waals surface area contributed by atoms with E-state index in [1.165, 1.54) is 0 Å². The van der Waals surface area contributed by atoms with Gasteiger partial charge in [-0.15, -0.1) is 0 Å². The Labute approximate surface area is 309 Å². The molecule has 9 rings (SSSR count). The Morgan fingerprint density at radius 2 is 1.29 bits per heavy atom. The number of piperazine rings is 2. The van der Waals surface area contributed by atoms with E-state index >= 15 is 0 Å². The monoisotopic (exact) mass is 722 g/mol. The van der Waals surface area contributed by atoms with Gasteiger partial charge in [0.05, 0.1) is 17.3 Å². The molecule has 0 bridgehead atoms. The quantitative estimate of drug-likeness (QED) is 0.328. The summed E-state index contributed by atoms with van der Waals surface area (Å²) in [7, 11) is 4.26. The van der Waals surface area contributed by atoms with Crippen LogP contribution in [0.5, 0.6) is 0 Å². The standard InChI is InChI=1S/C41H62N4O7/c1-24-6-7-25-28(22-44-16-12-42(4)13-17-44)36(47)51-34(25)32-27(24)21-41(50)39(10-11-40(32,41)49)31(46)20-30-33(39)35-26(8-9-38(30,2)3)29(37(48)52-35)23-45-18-14-43(5)15-19-45/h25-30,32-35,49-50H,1,6-23H2,2-5H3/t25-,26-,27-,28?,29?,30+,32-,33-,34-,35-,39+,40-,41-/m0/s1. The van der Waals surface area contributed by atoms with Crippen molar-refractivity contribution in [3.05, 3.63) is 12.2 Å². The number of ether oxygens (including phenoxy) is 2. The molecule has 288 valence electrons. The summed E-state index contributed by atoms with van der Waals surface area (Å²) in [6.45, 7) is 17.9. The van der Waals surface area contributed by atoms with Crippen LogP contribution in [0.1, 0.15) is 65.2 Å². The smallest absolute Gasteiger partial charge is 0.310 e. The number of aliphatic hydroxyl groups is 2. The maximum Gasteiger partial charge on any atom is 0.310 e. The zero-order valence-electron chi connectivity index (χ0n) is 31.9. The molecule has 2 N–H and O–H groups in total. The maximum atomic E-state index is 14.9. The first-order chi connectivity index (χ1) is 24.7. The number of carbonyl (C=O) groups excluding carboxylic acids is 3. The normalized spacial score (nSPS) is 49.6. The Bertz CT molecular complexity index is 1510. The van der Waals surface area contributed by atoms with E-state index in [-0.39, 0.29) is 77.4 Å². The van der Waals surface area contributed by atoms with Crippen molar-refractivity contribution >= 4 is 17.7 Å². The lowest BCUT2D eigenvalue weighted by Crippen LogP contribution is -2.63. The first-order valence-electron chi connectivity index (χ1n) is 20.6. The molecule has 9 aliphatic rings. The lowest BCUT2D eigenvalue weighted by Gasteiger charge is -2.49. The highest BCUT2D eigenvalue weighted by Crippen LogP contribution is 2.75. The van der Waals surface area contributed by atoms with Crippen LogP contribution in [-0.2, 0) is 23.9 Å². The highest BCUT2D eigenvalue weighted by molar-refractivity contribution is 5.91. The molecule has 11 nitrogen and oxygen atoms in total. The van der Waals surface area contributed by atoms with Crippen molar-refractivity contribution in [1.29, 1.82) is 0 Å². The second-order valence-corrected chi connectivity index (χ2v) is 19.6. The summed E-state index contributed by atoms with van der Waals surface area (Å²) in [4.78, 5) is 52.0. The molecule has 5 aliphatic carbocycles. The fourth-order valence-electron chi connectivity index (χ4n) is 13.9. The van der Waals surface area contributed by atoms with E-state index in [1.807, 2.05) is 0 Å². The largest absolute Gasteiger partial charge is 0.461 e. The van der Waals surface area contributed by atoms with Crippen LogP contribution in [0.4, 0.5) is 0 Å². The van der Waals surface area contributed by atoms with Gasteiger partial charge in [0.2, 0.25) is 0 Å². The molecule has 1 spiro atoms. The Morgan fingerprint density at radius 3 is 1.87 bits per heavy atom. The SMILES string of the molecule is C=C1CC[C@H]2C(CN3CCN(C)CC3)C(=O)O[C@@H]2[C@@H]2[C@H]1C[C@@]1(O)[C@]2(O)CC[C@]12C(=O)C[C@@H]1[C@H]2[C@H]2OC(=O)C(CN3CCN(C)CC3)[C@@H]2CCC1(C)C. The third-order valence-electron chi connectivity index (χ3n) is 17.0. The van der Waals surface area contributed by atoms with Gasteiger partial charge in [-0.25, -0.2) is 0 Å². The molecule has 0 aromatic rings. The number of hydrogen-bond donors (Lipinski definition) is 2. The number of esters is 2. The number of hydrogen-bond acceptors (Lipinski definition) is 11. The van der Waals surface area contributed by atoms with Crippen molar-refractivity contribution in [2.45, 2.75) is 88.6 Å². The average molecular weight is 723 g/mol. The van der Waals surface area contributed by atoms with Gasteiger partial charge >= 0.3 is 11.9 Å². The van der Waals surface area contributed by atoms with E-state index in [9.17, 15) is 24.6 Å². The molecule has 0 aromatic heterocycles. The summed E-state index contributed by atoms with van der Waals surface area (Å²) >= 11 is 0. The number of allylic oxidation sites excluding steroid dienone is 1. The van der Waals surface area contributed by atoms with Crippen molar-refractivity contribution in [1.82, 2.24) is 19.6 Å². The van der Waals surface area contributed by atoms with E-state index in [2.05, 4.69) is 54.1 Å². The Kier molecular flexibility index (Phi) is 8.47. The predicted octanol–water partition coefficient (Wildman–Crippen LogP) is 2.05. The van der Waals surface area contributed by atoms with Crippen LogP contribution in [-0.4, -0.2) is 150 Å². The number of rotatable bonds is 4. The van der Waals surface area contributed by atoms with Crippen LogP contribution < -0.4 is 0 Å². The van der Waals surface area contributed by atoms with Crippen molar-refractivity contribution in [2.24, 2.45) is 58.2 Å². The van der Waals surface area contributed by atoms with Crippen LogP contribution in [0.25, 0.3) is 0 Å². The van der Waals surface area contributed by atoms with Crippen LogP contribution in [0, 0.1) is 58.2 Å². The number of Topliss-reactive ketones (excluding diaryl/α,β-unsaturated/α-hetero) is 1. The molecule has 2 unspecified atom stereocenters. The minimum Gasteiger partial charge on any atom is -0.461 e. The van der Waals surface area contributed by atoms with Gasteiger partial charge in [0.1, 0.15) is 29.2 Å². The molecule has 13 atom stereocenters. The van der Waals surface area contributed by atoms with Crippen LogP contribution >= 0.6 is 0 Å². The van der Waals surface area contributed by atoms with Gasteiger partial charge in [-0.1, -0.05) is 26.0 Å². The molecule has 0 amide bonds. The predicted molar refractivity (Wildman–Crippen MR) is 193 cm³/mol. The van der Waals surface area contributed by atoms with Crippen molar-refractivity contribution in [3.63, 3.8) is 0 Å². The number of nitrogens with zero attached hydrogens (tertiary/aromatic N) is 4. The number of carbonyl (C=O) groups is 3. The minimum absolute atomic E-state index is 0.0169. The Morgan fingerprint density at radius 1 is 0.750 bits per heavy atom. The second kappa shape index (κ2) is 12.3. The molecule has 4 heterocycles. The van der Waals surface area contributed by atoms with Gasteiger partial charge in [0.15, 0.2) is 0 Å². The Hall–Kier alpha value is -1.89. The van der Waals surface area contributed by atoms with Gasteiger partial charge in [0, 0.05) is 95.5 Å². The van der Waals surface area contributed by atoms with Gasteiger partial charge in [-0.2, -0.15) is 0 Å². The van der Waals surface area contributed by atoms with Crippen molar-refractivity contribution in [3.8, 4) is 0 Å². The van der Waals surface area contributed by atoms with E-state index in [4.69, 9.17) is 9.47 Å². The summed E-state index contributed by atoms with van der Waals surface area (Å²) in [6, 6.07) is 0. The molecule has 0 radical (unpaired) electrons. The Balaban J connectivity index is 1.06. The van der Waals surface area contributed by atoms with Crippen molar-refractivity contribution < 1.29 is 34.1 Å². The molecule has 9 fully saturated rings. The lowest BCUT2D eigenvalue weighted by molar-refractivity contribution is -0.207. The highest BCUT2D eigenvalue weighted by atomic mass is 16.6. The van der Waals surface area contributed by atoms with Gasteiger partial charge in [0.25, 0.3) is 0 Å². The van der Waals surface area contributed by atoms with E-state index in [0.717, 1.165) is 77.2 Å². The van der Waals surface area contributed by atoms with E-state index < -0.39 is 34.7 Å². The maximum absolute atomic E-state index is 14.9. The van der Waals surface area contributed by atoms with E-state index in [1.54, 1.807) is 0 Å². The van der Waals surface area contributed by atoms with E-state index in [0.29, 0.717) is 32.4 Å². The molecule has 4 aliphatic heterocycles. The third kappa shape index (κ3) is 4.93. The topological polar surface area (TPSA) is 123 Å². The van der Waals surface area contributed by atoms with Crippen LogP contribution in [0.15, 0.2) is 12.2 Å². The number of fused-ring (bicyclic) bond motifs is 10. The molecule has 0 aromatic carbocycles. The molecule has 5 saturated carbocycles. The van der Waals surface area contributed by atoms with Crippen LogP contribution in [0.3, 0.4) is 0 Å². The second-order valence-electron chi connectivity index (χ2n) is 19.6. The summed E-state index contributed by atoms with van der Waals surface area (Å²) in [5.41, 5.74) is -3.84. The molecule has 11 heteroatoms. The minimum atomic E-state index is -1.74. The molecule has 4 saturated heterocycles. The average Bonchev–Trinajstić information content (AvgIpc) is 3.77. The summed E-state index contributed by atoms with van der Waals surface area (Å²) in [5, 5.41) is 26.8. The highest BCUT2D eigenvalue weighted by Gasteiger charge is 2.84. The fraction of sp³-hybridized carbons (Fsp3) is 0.878. The molecule has 52 heavy (non-hydrogen) atoms. The van der Waals surface area contributed by atoms with Gasteiger partial charge < -0.3 is 29.5 Å². The fourth-order valence-corrected chi connectivity index (χ4v) is 13.9. The van der Waals surface area contributed by atoms with Gasteiger partial charge in [-0.05, 0) is 76.3 Å². The summed E-state index contributed by atoms with van der Waals surface area (Å²) < 4.78 is 12.9. The summed E-state index contributed by atoms with van der Waals surface area (Å²) in [6.07, 6.45) is 3.35. The third-order valence-corrected chi connectivity index (χ3v) is 17.0. The first kappa shape index (κ1) is 35.8. The number of likely N-dealkylation sites (N-methyl/N-ethyl adjacent to an activating group) is 2. The zero-order valence-corrected chi connectivity index (χ0v) is 31.9. The van der Waals surface area contributed by atoms with Crippen LogP contribution in [0.2, 0.25) is 0 Å². The number of ketones is 1. The molecular formula is C41H62N4O7. The summed E-state index contributed by atoms with van der Waals surface area (Å²) in [5.74, 6) is -2.28. The zero-order chi connectivity index (χ0) is 36.5.